The average molecular weight is 508 g/mol. The Hall–Kier alpha value is -2.81. The number of aromatic hydroxyl groups is 1. The van der Waals surface area contributed by atoms with Gasteiger partial charge in [0.2, 0.25) is 11.8 Å². The molecule has 0 aliphatic heterocycles. The van der Waals surface area contributed by atoms with Gasteiger partial charge in [-0.15, -0.1) is 0 Å². The first-order valence-electron chi connectivity index (χ1n) is 12.6. The third-order valence-electron chi connectivity index (χ3n) is 5.56. The lowest BCUT2D eigenvalue weighted by Crippen LogP contribution is -2.57. The highest BCUT2D eigenvalue weighted by atomic mass is 16.6. The summed E-state index contributed by atoms with van der Waals surface area (Å²) in [4.78, 5) is 41.3. The maximum atomic E-state index is 13.9. The van der Waals surface area contributed by atoms with Crippen LogP contribution < -0.4 is 10.6 Å². The van der Waals surface area contributed by atoms with Gasteiger partial charge in [0.25, 0.3) is 0 Å². The van der Waals surface area contributed by atoms with Crippen LogP contribution in [0.2, 0.25) is 0 Å². The Morgan fingerprint density at radius 1 is 1.03 bits per heavy atom. The Morgan fingerprint density at radius 2 is 1.64 bits per heavy atom. The number of benzene rings is 1. The summed E-state index contributed by atoms with van der Waals surface area (Å²) in [5.41, 5.74) is 0.283. The second kappa shape index (κ2) is 13.5. The maximum Gasteiger partial charge on any atom is 0.408 e. The fourth-order valence-corrected chi connectivity index (χ4v) is 3.78. The van der Waals surface area contributed by atoms with Crippen molar-refractivity contribution in [3.05, 3.63) is 29.3 Å². The number of nitrogens with one attached hydrogen (secondary N) is 2. The van der Waals surface area contributed by atoms with Gasteiger partial charge in [0.1, 0.15) is 23.4 Å². The zero-order valence-electron chi connectivity index (χ0n) is 23.2. The lowest BCUT2D eigenvalue weighted by atomic mass is 9.96. The largest absolute Gasteiger partial charge is 0.508 e. The average Bonchev–Trinajstić information content (AvgIpc) is 2.73. The van der Waals surface area contributed by atoms with Gasteiger partial charge in [-0.25, -0.2) is 4.79 Å². The predicted molar refractivity (Wildman–Crippen MR) is 139 cm³/mol. The molecule has 3 amide bonds. The monoisotopic (exact) mass is 507 g/mol. The smallest absolute Gasteiger partial charge is 0.408 e. The van der Waals surface area contributed by atoms with Crippen LogP contribution in [-0.2, 0) is 14.3 Å². The van der Waals surface area contributed by atoms with Gasteiger partial charge in [-0.2, -0.15) is 0 Å². The molecule has 3 atom stereocenters. The molecule has 0 spiro atoms. The number of aliphatic hydroxyl groups is 1. The Balaban J connectivity index is 3.56. The molecular weight excluding hydrogens is 462 g/mol. The molecule has 9 nitrogen and oxygen atoms in total. The number of hydrogen-bond donors (Lipinski definition) is 4. The Labute approximate surface area is 215 Å². The van der Waals surface area contributed by atoms with Crippen molar-refractivity contribution in [3.63, 3.8) is 0 Å². The number of phenols is 1. The fraction of sp³-hybridized carbons (Fsp3) is 0.667. The van der Waals surface area contributed by atoms with Gasteiger partial charge < -0.3 is 30.5 Å². The third-order valence-corrected chi connectivity index (χ3v) is 5.56. The molecule has 0 fully saturated rings. The number of phenolic OH excluding ortho intramolecular Hbond substituents is 1. The van der Waals surface area contributed by atoms with E-state index >= 15 is 0 Å². The van der Waals surface area contributed by atoms with E-state index in [0.717, 1.165) is 6.42 Å². The predicted octanol–water partition coefficient (Wildman–Crippen LogP) is 3.81. The van der Waals surface area contributed by atoms with Crippen molar-refractivity contribution in [1.82, 2.24) is 15.5 Å². The van der Waals surface area contributed by atoms with Crippen LogP contribution in [0.3, 0.4) is 0 Å². The number of ether oxygens (including phenoxy) is 1. The molecule has 204 valence electrons. The van der Waals surface area contributed by atoms with Gasteiger partial charge >= 0.3 is 6.09 Å². The highest BCUT2D eigenvalue weighted by molar-refractivity contribution is 5.92. The number of aryl methyl sites for hydroxylation is 1. The van der Waals surface area contributed by atoms with Gasteiger partial charge in [-0.3, -0.25) is 9.59 Å². The van der Waals surface area contributed by atoms with Crippen molar-refractivity contribution in [2.45, 2.75) is 105 Å². The molecule has 0 saturated heterocycles. The maximum absolute atomic E-state index is 13.9. The lowest BCUT2D eigenvalue weighted by molar-refractivity contribution is -0.146. The number of hydrogen-bond acceptors (Lipinski definition) is 6. The number of amides is 3. The number of carbonyl (C=O) groups excluding carboxylic acids is 3. The summed E-state index contributed by atoms with van der Waals surface area (Å²) in [5.74, 6) is -0.549. The van der Waals surface area contributed by atoms with Gasteiger partial charge in [-0.1, -0.05) is 19.9 Å². The molecule has 0 bridgehead atoms. The van der Waals surface area contributed by atoms with Crippen molar-refractivity contribution in [2.75, 3.05) is 6.61 Å². The summed E-state index contributed by atoms with van der Waals surface area (Å²) >= 11 is 0. The first-order chi connectivity index (χ1) is 16.6. The van der Waals surface area contributed by atoms with E-state index in [1.807, 2.05) is 20.8 Å². The highest BCUT2D eigenvalue weighted by Crippen LogP contribution is 2.30. The minimum absolute atomic E-state index is 0.0762. The van der Waals surface area contributed by atoms with Crippen molar-refractivity contribution < 1.29 is 29.3 Å². The molecule has 0 saturated carbocycles. The number of alkyl carbamates (subject to hydrolysis) is 1. The Bertz CT molecular complexity index is 894. The second-order valence-electron chi connectivity index (χ2n) is 11.1. The fourth-order valence-electron chi connectivity index (χ4n) is 3.78. The molecule has 1 aromatic rings. The number of carbonyl (C=O) groups is 3. The molecule has 0 aliphatic rings. The van der Waals surface area contributed by atoms with E-state index in [1.165, 1.54) is 11.0 Å². The zero-order chi connectivity index (χ0) is 27.8. The van der Waals surface area contributed by atoms with E-state index < -0.39 is 48.2 Å². The van der Waals surface area contributed by atoms with Crippen LogP contribution in [0, 0.1) is 12.8 Å². The summed E-state index contributed by atoms with van der Waals surface area (Å²) in [6.45, 7) is 15.8. The number of rotatable bonds is 11. The van der Waals surface area contributed by atoms with Gasteiger partial charge in [0, 0.05) is 12.1 Å². The van der Waals surface area contributed by atoms with Crippen molar-refractivity contribution >= 4 is 17.9 Å². The van der Waals surface area contributed by atoms with Crippen molar-refractivity contribution in [2.24, 2.45) is 5.92 Å². The molecule has 1 aromatic carbocycles. The van der Waals surface area contributed by atoms with E-state index in [1.54, 1.807) is 39.8 Å². The van der Waals surface area contributed by atoms with Crippen LogP contribution in [-0.4, -0.2) is 63.4 Å². The van der Waals surface area contributed by atoms with Crippen LogP contribution in [0.1, 0.15) is 85.4 Å². The topological polar surface area (TPSA) is 128 Å². The van der Waals surface area contributed by atoms with E-state index in [4.69, 9.17) is 4.74 Å². The highest BCUT2D eigenvalue weighted by Gasteiger charge is 2.39. The lowest BCUT2D eigenvalue weighted by Gasteiger charge is -2.39. The number of aliphatic hydroxyl groups excluding tert-OH is 1. The summed E-state index contributed by atoms with van der Waals surface area (Å²) in [5, 5.41) is 25.5. The van der Waals surface area contributed by atoms with Crippen LogP contribution in [0.4, 0.5) is 4.79 Å². The molecule has 36 heavy (non-hydrogen) atoms. The van der Waals surface area contributed by atoms with E-state index in [0.29, 0.717) is 23.5 Å². The molecule has 4 N–H and O–H groups in total. The summed E-state index contributed by atoms with van der Waals surface area (Å²) in [6.07, 6.45) is 0.575. The van der Waals surface area contributed by atoms with Gasteiger partial charge in [0.05, 0.1) is 6.61 Å². The minimum atomic E-state index is -1.31. The van der Waals surface area contributed by atoms with Gasteiger partial charge in [0.15, 0.2) is 0 Å². The van der Waals surface area contributed by atoms with Crippen molar-refractivity contribution in [1.29, 1.82) is 0 Å². The van der Waals surface area contributed by atoms with Gasteiger partial charge in [-0.05, 0) is 90.5 Å². The van der Waals surface area contributed by atoms with Crippen LogP contribution in [0.25, 0.3) is 0 Å². The molecular formula is C27H45N3O6. The summed E-state index contributed by atoms with van der Waals surface area (Å²) in [6, 6.07) is 1.83. The molecule has 0 aromatic heterocycles. The molecule has 1 rings (SSSR count). The quantitative estimate of drug-likeness (QED) is 0.361. The second-order valence-corrected chi connectivity index (χ2v) is 11.1. The first-order valence-corrected chi connectivity index (χ1v) is 12.6. The van der Waals surface area contributed by atoms with E-state index in [9.17, 15) is 24.6 Å². The number of nitrogens with zero attached hydrogens (tertiary/aromatic N) is 1. The third kappa shape index (κ3) is 9.68. The van der Waals surface area contributed by atoms with E-state index in [2.05, 4.69) is 24.5 Å². The first kappa shape index (κ1) is 31.2. The molecule has 0 radical (unpaired) electrons. The molecule has 0 heterocycles. The Morgan fingerprint density at radius 3 is 2.11 bits per heavy atom. The minimum Gasteiger partial charge on any atom is -0.508 e. The standard InChI is InChI=1S/C27H45N3O6/c1-16(2)10-11-19(6)30(25(34)21(15-31)29-26(35)36-27(7,8)9)23(24(33)28-17(3)4)20-12-13-22(32)18(5)14-20/h12-14,16-17,19,21,23,31-32H,10-11,15H2,1-9H3,(H,28,33)(H,29,35). The van der Waals surface area contributed by atoms with Crippen LogP contribution >= 0.6 is 0 Å². The normalized spacial score (nSPS) is 14.2. The van der Waals surface area contributed by atoms with E-state index in [-0.39, 0.29) is 11.8 Å². The summed E-state index contributed by atoms with van der Waals surface area (Å²) in [7, 11) is 0. The summed E-state index contributed by atoms with van der Waals surface area (Å²) < 4.78 is 5.27. The Kier molecular flexibility index (Phi) is 11.7. The SMILES string of the molecule is Cc1cc(C(C(=O)NC(C)C)N(C(=O)C(CO)NC(=O)OC(C)(C)C)C(C)CCC(C)C)ccc1O. The molecule has 0 aliphatic carbocycles. The molecule has 9 heteroatoms. The van der Waals surface area contributed by atoms with Crippen molar-refractivity contribution in [3.8, 4) is 5.75 Å². The molecule has 3 unspecified atom stereocenters. The zero-order valence-corrected chi connectivity index (χ0v) is 23.2. The van der Waals surface area contributed by atoms with Crippen LogP contribution in [0.15, 0.2) is 18.2 Å². The van der Waals surface area contributed by atoms with Crippen LogP contribution in [0.5, 0.6) is 5.75 Å².